The maximum atomic E-state index is 13.8. The number of hydrogen-bond donors (Lipinski definition) is 0. The second kappa shape index (κ2) is 5.73. The summed E-state index contributed by atoms with van der Waals surface area (Å²) in [6.07, 6.45) is 1.78. The zero-order valence-electron chi connectivity index (χ0n) is 12.2. The SMILES string of the molecule is Fc1cc(F)c2nc(N3CCN(c4ccccn4)CC3)sc2c1. The lowest BCUT2D eigenvalue weighted by Crippen LogP contribution is -2.46. The second-order valence-electron chi connectivity index (χ2n) is 5.39. The highest BCUT2D eigenvalue weighted by molar-refractivity contribution is 7.22. The van der Waals surface area contributed by atoms with E-state index in [9.17, 15) is 8.78 Å². The molecule has 4 rings (SSSR count). The first kappa shape index (κ1) is 14.3. The lowest BCUT2D eigenvalue weighted by molar-refractivity contribution is 0.591. The lowest BCUT2D eigenvalue weighted by atomic mass is 10.3. The third kappa shape index (κ3) is 2.72. The highest BCUT2D eigenvalue weighted by Crippen LogP contribution is 2.31. The Morgan fingerprint density at radius 2 is 1.78 bits per heavy atom. The molecule has 0 spiro atoms. The van der Waals surface area contributed by atoms with Crippen LogP contribution in [0, 0.1) is 11.6 Å². The number of aromatic nitrogens is 2. The van der Waals surface area contributed by atoms with Gasteiger partial charge in [0, 0.05) is 38.4 Å². The lowest BCUT2D eigenvalue weighted by Gasteiger charge is -2.35. The van der Waals surface area contributed by atoms with E-state index in [1.807, 2.05) is 18.2 Å². The van der Waals surface area contributed by atoms with Crippen molar-refractivity contribution in [2.45, 2.75) is 0 Å². The maximum Gasteiger partial charge on any atom is 0.186 e. The van der Waals surface area contributed by atoms with Crippen molar-refractivity contribution in [3.63, 3.8) is 0 Å². The van der Waals surface area contributed by atoms with Crippen LogP contribution in [-0.4, -0.2) is 36.1 Å². The highest BCUT2D eigenvalue weighted by Gasteiger charge is 2.21. The monoisotopic (exact) mass is 332 g/mol. The highest BCUT2D eigenvalue weighted by atomic mass is 32.1. The van der Waals surface area contributed by atoms with Crippen molar-refractivity contribution in [3.05, 3.63) is 48.2 Å². The van der Waals surface area contributed by atoms with Crippen LogP contribution in [0.15, 0.2) is 36.5 Å². The number of rotatable bonds is 2. The van der Waals surface area contributed by atoms with Crippen molar-refractivity contribution < 1.29 is 8.78 Å². The maximum absolute atomic E-state index is 13.8. The van der Waals surface area contributed by atoms with Gasteiger partial charge in [-0.05, 0) is 18.2 Å². The summed E-state index contributed by atoms with van der Waals surface area (Å²) in [5, 5.41) is 0.741. The average molecular weight is 332 g/mol. The molecule has 1 fully saturated rings. The van der Waals surface area contributed by atoms with Crippen LogP contribution >= 0.6 is 11.3 Å². The summed E-state index contributed by atoms with van der Waals surface area (Å²) in [5.74, 6) is -0.204. The predicted octanol–water partition coefficient (Wildman–Crippen LogP) is 3.30. The van der Waals surface area contributed by atoms with E-state index in [4.69, 9.17) is 0 Å². The largest absolute Gasteiger partial charge is 0.353 e. The van der Waals surface area contributed by atoms with E-state index in [2.05, 4.69) is 19.8 Å². The smallest absolute Gasteiger partial charge is 0.186 e. The van der Waals surface area contributed by atoms with Crippen LogP contribution in [0.3, 0.4) is 0 Å². The van der Waals surface area contributed by atoms with Crippen molar-refractivity contribution in [1.82, 2.24) is 9.97 Å². The number of fused-ring (bicyclic) bond motifs is 1. The van der Waals surface area contributed by atoms with Crippen molar-refractivity contribution in [1.29, 1.82) is 0 Å². The van der Waals surface area contributed by atoms with Gasteiger partial charge < -0.3 is 9.80 Å². The van der Waals surface area contributed by atoms with E-state index in [-0.39, 0.29) is 5.52 Å². The summed E-state index contributed by atoms with van der Waals surface area (Å²) in [7, 11) is 0. The van der Waals surface area contributed by atoms with Crippen molar-refractivity contribution >= 4 is 32.5 Å². The minimum atomic E-state index is -0.602. The molecular weight excluding hydrogens is 318 g/mol. The minimum Gasteiger partial charge on any atom is -0.353 e. The molecule has 0 aliphatic carbocycles. The quantitative estimate of drug-likeness (QED) is 0.721. The zero-order valence-corrected chi connectivity index (χ0v) is 13.1. The summed E-state index contributed by atoms with van der Waals surface area (Å²) in [5.41, 5.74) is 0.249. The molecule has 118 valence electrons. The topological polar surface area (TPSA) is 32.3 Å². The zero-order chi connectivity index (χ0) is 15.8. The van der Waals surface area contributed by atoms with Crippen LogP contribution in [-0.2, 0) is 0 Å². The van der Waals surface area contributed by atoms with Gasteiger partial charge in [-0.3, -0.25) is 0 Å². The molecule has 1 aliphatic heterocycles. The number of anilines is 2. The molecule has 0 saturated carbocycles. The summed E-state index contributed by atoms with van der Waals surface area (Å²) >= 11 is 1.33. The first-order valence-corrected chi connectivity index (χ1v) is 8.19. The molecule has 0 N–H and O–H groups in total. The second-order valence-corrected chi connectivity index (χ2v) is 6.40. The van der Waals surface area contributed by atoms with Crippen LogP contribution in [0.2, 0.25) is 0 Å². The van der Waals surface area contributed by atoms with Crippen molar-refractivity contribution in [2.24, 2.45) is 0 Å². The molecule has 0 radical (unpaired) electrons. The van der Waals surface area contributed by atoms with Gasteiger partial charge in [-0.15, -0.1) is 0 Å². The van der Waals surface area contributed by atoms with Gasteiger partial charge in [0.1, 0.15) is 17.2 Å². The normalized spacial score (nSPS) is 15.4. The Bertz CT molecular complexity index is 829. The van der Waals surface area contributed by atoms with Gasteiger partial charge in [-0.25, -0.2) is 18.7 Å². The Balaban J connectivity index is 1.53. The molecule has 1 saturated heterocycles. The third-order valence-electron chi connectivity index (χ3n) is 3.93. The molecule has 7 heteroatoms. The molecule has 0 amide bonds. The molecule has 1 aliphatic rings. The Hall–Kier alpha value is -2.28. The van der Waals surface area contributed by atoms with Crippen molar-refractivity contribution in [2.75, 3.05) is 36.0 Å². The fourth-order valence-corrected chi connectivity index (χ4v) is 3.81. The summed E-state index contributed by atoms with van der Waals surface area (Å²) in [6.45, 7) is 3.20. The number of benzene rings is 1. The van der Waals surface area contributed by atoms with Crippen LogP contribution < -0.4 is 9.80 Å². The van der Waals surface area contributed by atoms with Crippen LogP contribution in [0.5, 0.6) is 0 Å². The molecule has 23 heavy (non-hydrogen) atoms. The molecule has 4 nitrogen and oxygen atoms in total. The van der Waals surface area contributed by atoms with Gasteiger partial charge >= 0.3 is 0 Å². The molecule has 0 unspecified atom stereocenters. The fourth-order valence-electron chi connectivity index (χ4n) is 2.75. The van der Waals surface area contributed by atoms with Gasteiger partial charge in [-0.2, -0.15) is 0 Å². The molecule has 0 atom stereocenters. The Labute approximate surface area is 136 Å². The van der Waals surface area contributed by atoms with Crippen molar-refractivity contribution in [3.8, 4) is 0 Å². The molecule has 0 bridgehead atoms. The molecule has 1 aromatic carbocycles. The standard InChI is InChI=1S/C16H14F2N4S/c17-11-9-12(18)15-13(10-11)23-16(20-15)22-7-5-21(6-8-22)14-3-1-2-4-19-14/h1-4,9-10H,5-8H2. The van der Waals surface area contributed by atoms with Crippen LogP contribution in [0.4, 0.5) is 19.7 Å². The van der Waals surface area contributed by atoms with Crippen LogP contribution in [0.1, 0.15) is 0 Å². The Morgan fingerprint density at radius 3 is 2.52 bits per heavy atom. The van der Waals surface area contributed by atoms with E-state index in [1.165, 1.54) is 17.4 Å². The predicted molar refractivity (Wildman–Crippen MR) is 88.2 cm³/mol. The Morgan fingerprint density at radius 1 is 1.00 bits per heavy atom. The van der Waals surface area contributed by atoms with Crippen LogP contribution in [0.25, 0.3) is 10.2 Å². The summed E-state index contributed by atoms with van der Waals surface area (Å²) < 4.78 is 27.6. The average Bonchev–Trinajstić information content (AvgIpc) is 3.00. The first-order chi connectivity index (χ1) is 11.2. The number of nitrogens with zero attached hydrogens (tertiary/aromatic N) is 4. The molecule has 3 aromatic rings. The van der Waals surface area contributed by atoms with Gasteiger partial charge in [0.05, 0.1) is 4.70 Å². The number of piperazine rings is 1. The van der Waals surface area contributed by atoms with E-state index < -0.39 is 11.6 Å². The third-order valence-corrected chi connectivity index (χ3v) is 4.99. The van der Waals surface area contributed by atoms with Gasteiger partial charge in [-0.1, -0.05) is 17.4 Å². The fraction of sp³-hybridized carbons (Fsp3) is 0.250. The van der Waals surface area contributed by atoms with Gasteiger partial charge in [0.2, 0.25) is 0 Å². The number of halogens is 2. The summed E-state index contributed by atoms with van der Waals surface area (Å²) in [4.78, 5) is 13.0. The van der Waals surface area contributed by atoms with E-state index in [0.29, 0.717) is 4.70 Å². The summed E-state index contributed by atoms with van der Waals surface area (Å²) in [6, 6.07) is 8.08. The minimum absolute atomic E-state index is 0.249. The molecular formula is C16H14F2N4S. The molecule has 3 heterocycles. The first-order valence-electron chi connectivity index (χ1n) is 7.37. The van der Waals surface area contributed by atoms with E-state index in [1.54, 1.807) is 6.20 Å². The number of hydrogen-bond acceptors (Lipinski definition) is 5. The Kier molecular flexibility index (Phi) is 3.57. The van der Waals surface area contributed by atoms with Gasteiger partial charge in [0.25, 0.3) is 0 Å². The number of thiazole rings is 1. The van der Waals surface area contributed by atoms with E-state index in [0.717, 1.165) is 43.2 Å². The molecule has 2 aromatic heterocycles. The van der Waals surface area contributed by atoms with E-state index >= 15 is 0 Å². The number of pyridine rings is 1. The van der Waals surface area contributed by atoms with Gasteiger partial charge in [0.15, 0.2) is 10.9 Å².